The molecule has 5 heteroatoms. The third-order valence-corrected chi connectivity index (χ3v) is 6.40. The maximum Gasteiger partial charge on any atom is 0.248 e. The topological polar surface area (TPSA) is 48.0 Å². The van der Waals surface area contributed by atoms with Crippen molar-refractivity contribution < 1.29 is 19.0 Å². The van der Waals surface area contributed by atoms with E-state index in [2.05, 4.69) is 19.1 Å². The number of methoxy groups -OCH3 is 1. The van der Waals surface area contributed by atoms with Gasteiger partial charge in [-0.05, 0) is 41.5 Å². The van der Waals surface area contributed by atoms with Crippen molar-refractivity contribution in [2.24, 2.45) is 11.8 Å². The van der Waals surface area contributed by atoms with Gasteiger partial charge in [-0.25, -0.2) is 0 Å². The summed E-state index contributed by atoms with van der Waals surface area (Å²) in [5.74, 6) is 3.14. The van der Waals surface area contributed by atoms with Crippen LogP contribution in [0.15, 0.2) is 48.5 Å². The molecule has 1 amide bonds. The molecule has 0 spiro atoms. The summed E-state index contributed by atoms with van der Waals surface area (Å²) in [6.07, 6.45) is 3.77. The van der Waals surface area contributed by atoms with E-state index < -0.39 is 0 Å². The summed E-state index contributed by atoms with van der Waals surface area (Å²) >= 11 is 0. The van der Waals surface area contributed by atoms with Gasteiger partial charge < -0.3 is 19.1 Å². The first-order valence-corrected chi connectivity index (χ1v) is 12.3. The highest BCUT2D eigenvalue weighted by Crippen LogP contribution is 2.38. The molecule has 4 rings (SSSR count). The summed E-state index contributed by atoms with van der Waals surface area (Å²) in [4.78, 5) is 14.6. The Morgan fingerprint density at radius 3 is 2.48 bits per heavy atom. The van der Waals surface area contributed by atoms with E-state index in [0.717, 1.165) is 42.6 Å². The highest BCUT2D eigenvalue weighted by Gasteiger charge is 2.33. The highest BCUT2D eigenvalue weighted by molar-refractivity contribution is 5.78. The number of carbonyl (C=O) groups is 1. The Morgan fingerprint density at radius 2 is 1.79 bits per heavy atom. The summed E-state index contributed by atoms with van der Waals surface area (Å²) < 4.78 is 17.2. The third kappa shape index (κ3) is 7.23. The standard InChI is InChI=1S/C26H33NO4.C2H6/c1-19-15-27(26(28)18-30-17-21-6-4-3-5-7-21)16-23(19)22-10-11-24(29-2)25(14-22)31-13-12-20-8-9-20;1-2/h3-7,10-11,14,19-20,23H,8-9,12-13,15-18H2,1-2H3;1-2H3. The van der Waals surface area contributed by atoms with Gasteiger partial charge in [0.05, 0.1) is 20.3 Å². The molecule has 2 fully saturated rings. The van der Waals surface area contributed by atoms with Crippen LogP contribution >= 0.6 is 0 Å². The highest BCUT2D eigenvalue weighted by atomic mass is 16.5. The van der Waals surface area contributed by atoms with Gasteiger partial charge in [0.2, 0.25) is 5.91 Å². The van der Waals surface area contributed by atoms with E-state index in [-0.39, 0.29) is 18.4 Å². The smallest absolute Gasteiger partial charge is 0.248 e. The van der Waals surface area contributed by atoms with Crippen LogP contribution in [0, 0.1) is 11.8 Å². The number of ether oxygens (including phenoxy) is 3. The van der Waals surface area contributed by atoms with Gasteiger partial charge in [0.25, 0.3) is 0 Å². The van der Waals surface area contributed by atoms with Crippen molar-refractivity contribution in [1.29, 1.82) is 0 Å². The summed E-state index contributed by atoms with van der Waals surface area (Å²) in [5, 5.41) is 0. The molecule has 0 radical (unpaired) electrons. The first-order valence-electron chi connectivity index (χ1n) is 12.3. The zero-order chi connectivity index (χ0) is 23.6. The van der Waals surface area contributed by atoms with Gasteiger partial charge in [0.1, 0.15) is 6.61 Å². The summed E-state index contributed by atoms with van der Waals surface area (Å²) in [5.41, 5.74) is 2.28. The van der Waals surface area contributed by atoms with E-state index in [4.69, 9.17) is 14.2 Å². The number of likely N-dealkylation sites (tertiary alicyclic amines) is 1. The monoisotopic (exact) mass is 453 g/mol. The first-order chi connectivity index (χ1) is 16.1. The molecule has 2 aromatic carbocycles. The molecule has 1 aliphatic carbocycles. The number of hydrogen-bond donors (Lipinski definition) is 0. The lowest BCUT2D eigenvalue weighted by Gasteiger charge is -2.18. The van der Waals surface area contributed by atoms with Crippen molar-refractivity contribution in [3.05, 3.63) is 59.7 Å². The predicted octanol–water partition coefficient (Wildman–Crippen LogP) is 5.68. The molecule has 1 saturated heterocycles. The lowest BCUT2D eigenvalue weighted by Crippen LogP contribution is -2.32. The molecular weight excluding hydrogens is 414 g/mol. The van der Waals surface area contributed by atoms with Crippen LogP contribution in [-0.4, -0.2) is 44.2 Å². The molecular formula is C28H39NO4. The van der Waals surface area contributed by atoms with Crippen LogP contribution in [0.3, 0.4) is 0 Å². The fraction of sp³-hybridized carbons (Fsp3) is 0.536. The largest absolute Gasteiger partial charge is 0.493 e. The van der Waals surface area contributed by atoms with E-state index in [1.165, 1.54) is 18.4 Å². The van der Waals surface area contributed by atoms with E-state index in [0.29, 0.717) is 19.1 Å². The lowest BCUT2D eigenvalue weighted by atomic mass is 9.90. The normalized spacial score (nSPS) is 19.6. The summed E-state index contributed by atoms with van der Waals surface area (Å²) in [6.45, 7) is 8.98. The van der Waals surface area contributed by atoms with Crippen LogP contribution < -0.4 is 9.47 Å². The van der Waals surface area contributed by atoms with Crippen LogP contribution in [0.25, 0.3) is 0 Å². The number of benzene rings is 2. The van der Waals surface area contributed by atoms with Crippen molar-refractivity contribution in [2.75, 3.05) is 33.4 Å². The number of hydrogen-bond acceptors (Lipinski definition) is 4. The van der Waals surface area contributed by atoms with Crippen molar-refractivity contribution in [3.8, 4) is 11.5 Å². The van der Waals surface area contributed by atoms with E-state index >= 15 is 0 Å². The molecule has 180 valence electrons. The van der Waals surface area contributed by atoms with Gasteiger partial charge >= 0.3 is 0 Å². The Kier molecular flexibility index (Phi) is 9.61. The van der Waals surface area contributed by atoms with Crippen LogP contribution in [0.2, 0.25) is 0 Å². The van der Waals surface area contributed by atoms with Crippen LogP contribution in [0.4, 0.5) is 0 Å². The van der Waals surface area contributed by atoms with Gasteiger partial charge in [-0.15, -0.1) is 0 Å². The molecule has 2 aliphatic rings. The van der Waals surface area contributed by atoms with Crippen molar-refractivity contribution >= 4 is 5.91 Å². The van der Waals surface area contributed by atoms with Crippen LogP contribution in [0.1, 0.15) is 57.1 Å². The molecule has 33 heavy (non-hydrogen) atoms. The average Bonchev–Trinajstić information content (AvgIpc) is 3.59. The molecule has 2 atom stereocenters. The Bertz CT molecular complexity index is 865. The minimum absolute atomic E-state index is 0.0553. The number of rotatable bonds is 10. The van der Waals surface area contributed by atoms with Gasteiger partial charge in [-0.2, -0.15) is 0 Å². The third-order valence-electron chi connectivity index (χ3n) is 6.40. The Labute approximate surface area is 199 Å². The van der Waals surface area contributed by atoms with Crippen molar-refractivity contribution in [1.82, 2.24) is 4.90 Å². The molecule has 0 bridgehead atoms. The van der Waals surface area contributed by atoms with Crippen LogP contribution in [-0.2, 0) is 16.1 Å². The molecule has 2 unspecified atom stereocenters. The Morgan fingerprint density at radius 1 is 1.03 bits per heavy atom. The van der Waals surface area contributed by atoms with Gasteiger partial charge in [0, 0.05) is 19.0 Å². The van der Waals surface area contributed by atoms with E-state index in [1.54, 1.807) is 7.11 Å². The molecule has 0 N–H and O–H groups in total. The number of nitrogens with zero attached hydrogens (tertiary/aromatic N) is 1. The predicted molar refractivity (Wildman–Crippen MR) is 132 cm³/mol. The molecule has 0 aromatic heterocycles. The maximum atomic E-state index is 12.7. The SMILES string of the molecule is CC.COc1ccc(C2CN(C(=O)COCc3ccccc3)CC2C)cc1OCCC1CC1. The Balaban J connectivity index is 0.00000149. The summed E-state index contributed by atoms with van der Waals surface area (Å²) in [6, 6.07) is 16.1. The van der Waals surface area contributed by atoms with Gasteiger partial charge in [0.15, 0.2) is 11.5 Å². The zero-order valence-corrected chi connectivity index (χ0v) is 20.6. The lowest BCUT2D eigenvalue weighted by molar-refractivity contribution is -0.135. The molecule has 2 aromatic rings. The first kappa shape index (κ1) is 25.1. The quantitative estimate of drug-likeness (QED) is 0.464. The summed E-state index contributed by atoms with van der Waals surface area (Å²) in [7, 11) is 1.68. The minimum atomic E-state index is 0.0553. The van der Waals surface area contributed by atoms with E-state index in [9.17, 15) is 4.79 Å². The fourth-order valence-corrected chi connectivity index (χ4v) is 4.30. The second kappa shape index (κ2) is 12.6. The fourth-order valence-electron chi connectivity index (χ4n) is 4.30. The zero-order valence-electron chi connectivity index (χ0n) is 20.6. The molecule has 5 nitrogen and oxygen atoms in total. The molecule has 1 aliphatic heterocycles. The van der Waals surface area contributed by atoms with Gasteiger partial charge in [-0.3, -0.25) is 4.79 Å². The van der Waals surface area contributed by atoms with E-state index in [1.807, 2.05) is 55.1 Å². The Hall–Kier alpha value is -2.53. The average molecular weight is 454 g/mol. The van der Waals surface area contributed by atoms with Gasteiger partial charge in [-0.1, -0.05) is 70.0 Å². The second-order valence-corrected chi connectivity index (χ2v) is 8.85. The van der Waals surface area contributed by atoms with Crippen LogP contribution in [0.5, 0.6) is 11.5 Å². The number of amides is 1. The van der Waals surface area contributed by atoms with Crippen molar-refractivity contribution in [3.63, 3.8) is 0 Å². The maximum absolute atomic E-state index is 12.7. The molecule has 1 heterocycles. The second-order valence-electron chi connectivity index (χ2n) is 8.85. The van der Waals surface area contributed by atoms with Crippen molar-refractivity contribution in [2.45, 2.75) is 52.6 Å². The minimum Gasteiger partial charge on any atom is -0.493 e. The molecule has 1 saturated carbocycles. The number of carbonyl (C=O) groups excluding carboxylic acids is 1.